The maximum atomic E-state index is 11.1. The van der Waals surface area contributed by atoms with Gasteiger partial charge in [-0.3, -0.25) is 4.79 Å². The predicted molar refractivity (Wildman–Crippen MR) is 60.2 cm³/mol. The topological polar surface area (TPSA) is 44.8 Å². The molecule has 0 aliphatic carbocycles. The van der Waals surface area contributed by atoms with Gasteiger partial charge in [-0.2, -0.15) is 0 Å². The average Bonchev–Trinajstić information content (AvgIpc) is 2.51. The fourth-order valence-electron chi connectivity index (χ4n) is 2.38. The second-order valence-corrected chi connectivity index (χ2v) is 4.45. The molecule has 0 spiro atoms. The zero-order valence-corrected chi connectivity index (χ0v) is 10.6. The van der Waals surface area contributed by atoms with E-state index >= 15 is 0 Å². The lowest BCUT2D eigenvalue weighted by atomic mass is 9.82. The summed E-state index contributed by atoms with van der Waals surface area (Å²) in [7, 11) is 1.56. The summed E-state index contributed by atoms with van der Waals surface area (Å²) in [5.41, 5.74) is -0.554. The van der Waals surface area contributed by atoms with E-state index in [4.69, 9.17) is 15.6 Å². The van der Waals surface area contributed by atoms with Crippen molar-refractivity contribution < 1.29 is 20.4 Å². The van der Waals surface area contributed by atoms with Gasteiger partial charge in [0.1, 0.15) is 11.7 Å². The number of hydrogen-bond acceptors (Lipinski definition) is 4. The molecule has 0 N–H and O–H groups in total. The van der Waals surface area contributed by atoms with Crippen molar-refractivity contribution in [2.45, 2.75) is 51.9 Å². The molecule has 1 rings (SSSR count). The van der Waals surface area contributed by atoms with E-state index in [0.29, 0.717) is 0 Å². The van der Waals surface area contributed by atoms with Crippen LogP contribution < -0.4 is 0 Å². The predicted octanol–water partition coefficient (Wildman–Crippen LogP) is 1.77. The molecular weight excluding hydrogens is 208 g/mol. The Bertz CT molecular complexity index is 282. The molecule has 0 amide bonds. The van der Waals surface area contributed by atoms with Crippen molar-refractivity contribution in [3.8, 4) is 0 Å². The smallest absolute Gasteiger partial charge is 0.303 e. The van der Waals surface area contributed by atoms with Gasteiger partial charge < -0.3 is 14.2 Å². The third-order valence-corrected chi connectivity index (χ3v) is 3.29. The van der Waals surface area contributed by atoms with Crippen LogP contribution in [0.25, 0.3) is 0 Å². The Balaban J connectivity index is 3.00. The Labute approximate surface area is 98.7 Å². The molecule has 1 aliphatic rings. The molecule has 1 aliphatic heterocycles. The maximum Gasteiger partial charge on any atom is 0.303 e. The lowest BCUT2D eigenvalue weighted by Gasteiger charge is -2.37. The molecule has 0 bridgehead atoms. The number of rotatable bonds is 4. The molecule has 0 radical (unpaired) electrons. The zero-order valence-electron chi connectivity index (χ0n) is 11.6. The van der Waals surface area contributed by atoms with Crippen LogP contribution in [0.3, 0.4) is 0 Å². The van der Waals surface area contributed by atoms with Crippen LogP contribution in [0.1, 0.15) is 35.5 Å². The first-order chi connectivity index (χ1) is 7.89. The van der Waals surface area contributed by atoms with Crippen LogP contribution in [0.4, 0.5) is 0 Å². The second kappa shape index (κ2) is 5.15. The minimum absolute atomic E-state index is 0.186. The van der Waals surface area contributed by atoms with Gasteiger partial charge in [0.15, 0.2) is 6.10 Å². The van der Waals surface area contributed by atoms with Crippen LogP contribution in [0.2, 0.25) is 0 Å². The van der Waals surface area contributed by atoms with E-state index in [1.54, 1.807) is 7.11 Å². The van der Waals surface area contributed by atoms with Crippen LogP contribution in [0.15, 0.2) is 0 Å². The fraction of sp³-hybridized carbons (Fsp3) is 0.917. The van der Waals surface area contributed by atoms with Gasteiger partial charge in [-0.05, 0) is 12.3 Å². The minimum atomic E-state index is -0.883. The highest BCUT2D eigenvalue weighted by Gasteiger charge is 2.52. The second-order valence-electron chi connectivity index (χ2n) is 4.45. The Kier molecular flexibility index (Phi) is 3.82. The van der Waals surface area contributed by atoms with Crippen molar-refractivity contribution in [2.24, 2.45) is 5.92 Å². The SMILES string of the molecule is [3H][C@@H]1O[C@@](CC)(C(C)C)[C@@H](OC)[C@H]1OC(C)=O. The highest BCUT2D eigenvalue weighted by molar-refractivity contribution is 5.66. The molecular formula is C12H22O4. The molecule has 4 nitrogen and oxygen atoms in total. The monoisotopic (exact) mass is 232 g/mol. The van der Waals surface area contributed by atoms with Gasteiger partial charge in [0.25, 0.3) is 0 Å². The third-order valence-electron chi connectivity index (χ3n) is 3.29. The first-order valence-electron chi connectivity index (χ1n) is 6.26. The molecule has 4 heteroatoms. The Morgan fingerprint density at radius 2 is 2.31 bits per heavy atom. The van der Waals surface area contributed by atoms with Crippen molar-refractivity contribution in [1.82, 2.24) is 0 Å². The van der Waals surface area contributed by atoms with Gasteiger partial charge in [0.2, 0.25) is 0 Å². The van der Waals surface area contributed by atoms with Gasteiger partial charge in [0, 0.05) is 14.0 Å². The molecule has 4 atom stereocenters. The summed E-state index contributed by atoms with van der Waals surface area (Å²) < 4.78 is 24.2. The molecule has 0 aromatic rings. The van der Waals surface area contributed by atoms with Crippen LogP contribution in [0, 0.1) is 5.92 Å². The Morgan fingerprint density at radius 1 is 1.69 bits per heavy atom. The molecule has 1 saturated heterocycles. The van der Waals surface area contributed by atoms with Gasteiger partial charge in [-0.25, -0.2) is 0 Å². The van der Waals surface area contributed by atoms with Crippen LogP contribution in [-0.2, 0) is 19.0 Å². The normalized spacial score (nSPS) is 39.9. The third kappa shape index (κ3) is 2.23. The lowest BCUT2D eigenvalue weighted by molar-refractivity contribution is -0.153. The number of hydrogen-bond donors (Lipinski definition) is 0. The van der Waals surface area contributed by atoms with E-state index in [1.165, 1.54) is 6.92 Å². The average molecular weight is 232 g/mol. The van der Waals surface area contributed by atoms with Gasteiger partial charge in [-0.15, -0.1) is 0 Å². The number of ether oxygens (including phenoxy) is 3. The van der Waals surface area contributed by atoms with E-state index in [-0.39, 0.29) is 12.0 Å². The molecule has 1 fully saturated rings. The van der Waals surface area contributed by atoms with Gasteiger partial charge in [-0.1, -0.05) is 20.8 Å². The van der Waals surface area contributed by atoms with E-state index in [9.17, 15) is 4.79 Å². The van der Waals surface area contributed by atoms with Gasteiger partial charge >= 0.3 is 5.97 Å². The number of carbonyl (C=O) groups excluding carboxylic acids is 1. The summed E-state index contributed by atoms with van der Waals surface area (Å²) in [5.74, 6) is -0.223. The van der Waals surface area contributed by atoms with Crippen LogP contribution in [-0.4, -0.2) is 37.5 Å². The summed E-state index contributed by atoms with van der Waals surface area (Å²) in [4.78, 5) is 11.1. The summed E-state index contributed by atoms with van der Waals surface area (Å²) in [5, 5.41) is 0. The van der Waals surface area contributed by atoms with E-state index < -0.39 is 24.3 Å². The first-order valence-corrected chi connectivity index (χ1v) is 5.69. The first kappa shape index (κ1) is 11.9. The molecule has 0 saturated carbocycles. The minimum Gasteiger partial charge on any atom is -0.457 e. The van der Waals surface area contributed by atoms with E-state index in [2.05, 4.69) is 0 Å². The van der Waals surface area contributed by atoms with Crippen molar-refractivity contribution >= 4 is 5.97 Å². The maximum absolute atomic E-state index is 11.1. The van der Waals surface area contributed by atoms with Crippen molar-refractivity contribution in [3.05, 3.63) is 0 Å². The highest BCUT2D eigenvalue weighted by atomic mass is 16.6. The standard InChI is InChI=1S/C12H22O4/c1-6-12(8(2)3)11(14-5)10(7-15-12)16-9(4)13/h8,10-11H,6-7H2,1-5H3/t10-,11-,12-/m0/s1/i7T/t7-,10-,11-,12-. The van der Waals surface area contributed by atoms with Crippen molar-refractivity contribution in [2.75, 3.05) is 13.7 Å². The summed E-state index contributed by atoms with van der Waals surface area (Å²) in [6.07, 6.45) is -0.324. The highest BCUT2D eigenvalue weighted by Crippen LogP contribution is 2.39. The molecule has 0 unspecified atom stereocenters. The van der Waals surface area contributed by atoms with Crippen LogP contribution >= 0.6 is 0 Å². The largest absolute Gasteiger partial charge is 0.457 e. The number of carbonyl (C=O) groups is 1. The summed E-state index contributed by atoms with van der Waals surface area (Å²) in [6, 6.07) is 0. The molecule has 1 heterocycles. The molecule has 94 valence electrons. The Hall–Kier alpha value is -0.610. The van der Waals surface area contributed by atoms with Crippen molar-refractivity contribution in [1.29, 1.82) is 0 Å². The number of esters is 1. The van der Waals surface area contributed by atoms with Gasteiger partial charge in [0.05, 0.1) is 7.95 Å². The van der Waals surface area contributed by atoms with Crippen molar-refractivity contribution in [3.63, 3.8) is 0 Å². The van der Waals surface area contributed by atoms with Crippen LogP contribution in [0.5, 0.6) is 0 Å². The lowest BCUT2D eigenvalue weighted by Crippen LogP contribution is -2.48. The number of methoxy groups -OCH3 is 1. The Morgan fingerprint density at radius 3 is 2.69 bits per heavy atom. The molecule has 0 aromatic heterocycles. The summed E-state index contributed by atoms with van der Waals surface area (Å²) in [6.45, 7) is 6.50. The summed E-state index contributed by atoms with van der Waals surface area (Å²) >= 11 is 0. The van der Waals surface area contributed by atoms with E-state index in [1.807, 2.05) is 20.8 Å². The van der Waals surface area contributed by atoms with E-state index in [0.717, 1.165) is 6.42 Å². The zero-order chi connectivity index (χ0) is 13.2. The molecule has 0 aromatic carbocycles. The fourth-order valence-corrected chi connectivity index (χ4v) is 2.38. The quantitative estimate of drug-likeness (QED) is 0.693. The molecule has 16 heavy (non-hydrogen) atoms.